The lowest BCUT2D eigenvalue weighted by atomic mass is 9.84. The molecule has 0 aromatic carbocycles. The molecule has 0 aliphatic carbocycles. The first kappa shape index (κ1) is 51.5. The van der Waals surface area contributed by atoms with Gasteiger partial charge in [0.1, 0.15) is 42.4 Å². The third kappa shape index (κ3) is 15.2. The van der Waals surface area contributed by atoms with E-state index in [1.165, 1.54) is 7.11 Å². The lowest BCUT2D eigenvalue weighted by Crippen LogP contribution is -2.66. The molecule has 0 spiro atoms. The van der Waals surface area contributed by atoms with Crippen molar-refractivity contribution in [2.75, 3.05) is 21.2 Å². The van der Waals surface area contributed by atoms with Gasteiger partial charge in [0, 0.05) is 39.2 Å². The summed E-state index contributed by atoms with van der Waals surface area (Å²) in [5.41, 5.74) is -1.50. The molecule has 3 N–H and O–H groups in total. The van der Waals surface area contributed by atoms with Crippen molar-refractivity contribution in [1.82, 2.24) is 4.90 Å². The van der Waals surface area contributed by atoms with Gasteiger partial charge in [-0.1, -0.05) is 52.0 Å². The second kappa shape index (κ2) is 24.2. The number of esters is 3. The average Bonchev–Trinajstić information content (AvgIpc) is 3.12. The van der Waals surface area contributed by atoms with Crippen molar-refractivity contribution in [2.24, 2.45) is 17.8 Å². The van der Waals surface area contributed by atoms with E-state index >= 15 is 0 Å². The molecule has 2 fully saturated rings. The topological polar surface area (TPSA) is 206 Å². The van der Waals surface area contributed by atoms with Gasteiger partial charge < -0.3 is 62.9 Å². The molecule has 3 rings (SSSR count). The van der Waals surface area contributed by atoms with Crippen LogP contribution in [0, 0.1) is 17.8 Å². The Balaban J connectivity index is 2.00. The second-order valence-corrected chi connectivity index (χ2v) is 17.6. The van der Waals surface area contributed by atoms with Crippen molar-refractivity contribution >= 4 is 24.2 Å². The van der Waals surface area contributed by atoms with Gasteiger partial charge in [-0.15, -0.1) is 0 Å². The minimum absolute atomic E-state index is 0.0134. The van der Waals surface area contributed by atoms with Gasteiger partial charge in [-0.3, -0.25) is 14.4 Å². The summed E-state index contributed by atoms with van der Waals surface area (Å²) >= 11 is 0. The van der Waals surface area contributed by atoms with Crippen LogP contribution in [0.1, 0.15) is 107 Å². The lowest BCUT2D eigenvalue weighted by molar-refractivity contribution is -0.344. The summed E-state index contributed by atoms with van der Waals surface area (Å²) in [5.74, 6) is -2.36. The van der Waals surface area contributed by atoms with Gasteiger partial charge in [-0.05, 0) is 72.4 Å². The second-order valence-electron chi connectivity index (χ2n) is 17.6. The molecule has 16 heteroatoms. The zero-order chi connectivity index (χ0) is 44.9. The van der Waals surface area contributed by atoms with E-state index in [1.807, 2.05) is 33.8 Å². The predicted molar refractivity (Wildman–Crippen MR) is 219 cm³/mol. The summed E-state index contributed by atoms with van der Waals surface area (Å²) in [6.07, 6.45) is -3.33. The normalized spacial score (nSPS) is 39.7. The number of rotatable bonds is 14. The number of aliphatic hydroxyl groups is 3. The third-order valence-electron chi connectivity index (χ3n) is 11.2. The molecule has 0 saturated carbocycles. The molecule has 2 saturated heterocycles. The van der Waals surface area contributed by atoms with Gasteiger partial charge in [0.2, 0.25) is 0 Å². The third-order valence-corrected chi connectivity index (χ3v) is 11.2. The predicted octanol–water partition coefficient (Wildman–Crippen LogP) is 3.79. The Morgan fingerprint density at radius 3 is 2.25 bits per heavy atom. The molecule has 0 unspecified atom stereocenters. The maximum absolute atomic E-state index is 13.4. The zero-order valence-electron chi connectivity index (χ0n) is 37.5. The van der Waals surface area contributed by atoms with Crippen LogP contribution in [-0.4, -0.2) is 151 Å². The molecule has 16 nitrogen and oxygen atoms in total. The fourth-order valence-electron chi connectivity index (χ4n) is 8.38. The Labute approximate surface area is 356 Å². The number of hydrogen-bond acceptors (Lipinski definition) is 16. The van der Waals surface area contributed by atoms with E-state index in [0.717, 1.165) is 6.29 Å². The van der Waals surface area contributed by atoms with Gasteiger partial charge in [0.05, 0.1) is 36.9 Å². The molecule has 16 atom stereocenters. The van der Waals surface area contributed by atoms with Crippen molar-refractivity contribution < 1.29 is 72.4 Å². The zero-order valence-corrected chi connectivity index (χ0v) is 37.5. The molecule has 3 aliphatic heterocycles. The number of carbonyl (C=O) groups is 4. The van der Waals surface area contributed by atoms with Gasteiger partial charge in [0.25, 0.3) is 0 Å². The van der Waals surface area contributed by atoms with E-state index in [2.05, 4.69) is 0 Å². The van der Waals surface area contributed by atoms with E-state index in [-0.39, 0.29) is 43.9 Å². The van der Waals surface area contributed by atoms with Crippen molar-refractivity contribution in [2.45, 2.75) is 192 Å². The van der Waals surface area contributed by atoms with E-state index < -0.39 is 116 Å². The highest BCUT2D eigenvalue weighted by molar-refractivity contribution is 5.73. The number of methoxy groups -OCH3 is 1. The number of allylic oxidation sites excluding steroid dienone is 3. The Morgan fingerprint density at radius 1 is 0.967 bits per heavy atom. The number of aldehydes is 1. The largest absolute Gasteiger partial charge is 0.462 e. The first-order valence-electron chi connectivity index (χ1n) is 21.5. The number of nitrogens with zero attached hydrogens (tertiary/aromatic N) is 1. The number of likely N-dealkylation sites (N-methyl/N-ethyl adjacent to an activating group) is 1. The van der Waals surface area contributed by atoms with E-state index in [0.29, 0.717) is 12.8 Å². The van der Waals surface area contributed by atoms with Crippen LogP contribution >= 0.6 is 0 Å². The summed E-state index contributed by atoms with van der Waals surface area (Å²) in [6.45, 7) is 14.3. The maximum atomic E-state index is 13.4. The van der Waals surface area contributed by atoms with Crippen LogP contribution < -0.4 is 0 Å². The molecule has 0 aromatic heterocycles. The van der Waals surface area contributed by atoms with E-state index in [4.69, 9.17) is 37.9 Å². The summed E-state index contributed by atoms with van der Waals surface area (Å²) in [6, 6.07) is -0.764. The smallest absolute Gasteiger partial charge is 0.309 e. The van der Waals surface area contributed by atoms with E-state index in [1.54, 1.807) is 64.9 Å². The standard InChI is InChI=1S/C44H73NO15/c1-12-15-33(48)57-32-23-35(50)54-27(5)22-31(47)17-14-13-16-26(4)21-30(18-19-46)40(41(32)53-11)60-43-38(51)37(45(9)10)39(28(6)56-43)59-36-24-44(8,52)42(29(7)55-36)58-34(49)20-25(2)3/h13-14,16-17,19,25-32,36-43,47,51-52H,12,15,18,20-24H2,1-11H3/b16-13-,17-14+/t26-,27+,28-,29+,30-,31-,32+,36-,37-,38-,39-,40-,41-,42+,43+,44+/m0/s1. The fraction of sp³-hybridized carbons (Fsp3) is 0.818. The van der Waals surface area contributed by atoms with E-state index in [9.17, 15) is 34.5 Å². The van der Waals surface area contributed by atoms with Gasteiger partial charge >= 0.3 is 17.9 Å². The van der Waals surface area contributed by atoms with Crippen LogP contribution in [0.3, 0.4) is 0 Å². The minimum Gasteiger partial charge on any atom is -0.462 e. The van der Waals surface area contributed by atoms with Crippen molar-refractivity contribution in [3.63, 3.8) is 0 Å². The molecule has 0 aromatic rings. The molecule has 0 amide bonds. The molecular formula is C44H73NO15. The van der Waals surface area contributed by atoms with Crippen molar-refractivity contribution in [3.05, 3.63) is 24.3 Å². The Morgan fingerprint density at radius 2 is 1.65 bits per heavy atom. The average molecular weight is 856 g/mol. The molecule has 0 radical (unpaired) electrons. The van der Waals surface area contributed by atoms with Crippen LogP contribution in [0.2, 0.25) is 0 Å². The number of cyclic esters (lactones) is 1. The summed E-state index contributed by atoms with van der Waals surface area (Å²) in [7, 11) is 4.92. The highest BCUT2D eigenvalue weighted by atomic mass is 16.7. The fourth-order valence-corrected chi connectivity index (χ4v) is 8.38. The molecular weight excluding hydrogens is 782 g/mol. The molecule has 344 valence electrons. The number of carbonyl (C=O) groups excluding carboxylic acids is 4. The Bertz CT molecular complexity index is 1420. The quantitative estimate of drug-likeness (QED) is 0.129. The summed E-state index contributed by atoms with van der Waals surface area (Å²) < 4.78 is 49.1. The Kier molecular flexibility index (Phi) is 20.8. The Hall–Kier alpha value is -2.80. The minimum atomic E-state index is -1.50. The highest BCUT2D eigenvalue weighted by Gasteiger charge is 2.53. The van der Waals surface area contributed by atoms with Crippen molar-refractivity contribution in [3.8, 4) is 0 Å². The molecule has 0 bridgehead atoms. The van der Waals surface area contributed by atoms with Gasteiger partial charge in [0.15, 0.2) is 18.7 Å². The molecule has 3 aliphatic rings. The monoisotopic (exact) mass is 855 g/mol. The summed E-state index contributed by atoms with van der Waals surface area (Å²) in [4.78, 5) is 53.2. The van der Waals surface area contributed by atoms with Crippen LogP contribution in [0.4, 0.5) is 0 Å². The maximum Gasteiger partial charge on any atom is 0.309 e. The van der Waals surface area contributed by atoms with Gasteiger partial charge in [-0.25, -0.2) is 0 Å². The summed E-state index contributed by atoms with van der Waals surface area (Å²) in [5, 5.41) is 34.1. The van der Waals surface area contributed by atoms with Crippen molar-refractivity contribution in [1.29, 1.82) is 0 Å². The van der Waals surface area contributed by atoms with Crippen LogP contribution in [0.25, 0.3) is 0 Å². The highest BCUT2D eigenvalue weighted by Crippen LogP contribution is 2.37. The first-order valence-corrected chi connectivity index (χ1v) is 21.5. The molecule has 3 heterocycles. The van der Waals surface area contributed by atoms with Crippen LogP contribution in [0.5, 0.6) is 0 Å². The number of aliphatic hydroxyl groups excluding tert-OH is 2. The first-order chi connectivity index (χ1) is 28.2. The van der Waals surface area contributed by atoms with Crippen LogP contribution in [0.15, 0.2) is 24.3 Å². The van der Waals surface area contributed by atoms with Gasteiger partial charge in [-0.2, -0.15) is 0 Å². The lowest BCUT2D eigenvalue weighted by Gasteiger charge is -2.50. The SMILES string of the molecule is CCCC(=O)O[C@@H]1CC(=O)O[C@H](C)C[C@@H](O)/C=C/C=C\[C@H](C)C[C@H](CC=O)[C@H](O[C@H]2O[C@@H](C)[C@H](O[C@H]3C[C@@](C)(O)[C@H](OC(=O)CC(C)C)[C@@H](C)O3)[C@@H](N(C)C)[C@@H]2O)[C@H]1OC. The number of ether oxygens (including phenoxy) is 8. The van der Waals surface area contributed by atoms with Crippen LogP contribution in [-0.2, 0) is 57.1 Å². The number of hydrogen-bond donors (Lipinski definition) is 3. The molecule has 60 heavy (non-hydrogen) atoms.